The van der Waals surface area contributed by atoms with Crippen molar-refractivity contribution in [3.05, 3.63) is 101 Å². The van der Waals surface area contributed by atoms with Gasteiger partial charge >= 0.3 is 6.03 Å². The summed E-state index contributed by atoms with van der Waals surface area (Å²) in [6.07, 6.45) is -0.604. The van der Waals surface area contributed by atoms with Gasteiger partial charge in [0.1, 0.15) is 18.4 Å². The number of hydrogen-bond donors (Lipinski definition) is 5. The fourth-order valence-corrected chi connectivity index (χ4v) is 6.58. The van der Waals surface area contributed by atoms with E-state index in [9.17, 15) is 29.7 Å². The van der Waals surface area contributed by atoms with E-state index in [0.29, 0.717) is 31.7 Å². The molecule has 0 spiro atoms. The lowest BCUT2D eigenvalue weighted by molar-refractivity contribution is -0.201. The Labute approximate surface area is 289 Å². The number of rotatable bonds is 15. The molecule has 264 valence electrons. The summed E-state index contributed by atoms with van der Waals surface area (Å²) < 4.78 is 5.93. The third-order valence-electron chi connectivity index (χ3n) is 9.13. The fraction of sp³-hybridized carbons (Fsp3) is 0.462. The van der Waals surface area contributed by atoms with Crippen LogP contribution in [0.15, 0.2) is 78.9 Å². The van der Waals surface area contributed by atoms with Crippen molar-refractivity contribution in [2.24, 2.45) is 11.3 Å². The van der Waals surface area contributed by atoms with Gasteiger partial charge in [-0.1, -0.05) is 99.6 Å². The van der Waals surface area contributed by atoms with Gasteiger partial charge in [-0.25, -0.2) is 4.79 Å². The van der Waals surface area contributed by atoms with Gasteiger partial charge in [-0.2, -0.15) is 0 Å². The van der Waals surface area contributed by atoms with Gasteiger partial charge in [0.15, 0.2) is 5.78 Å². The van der Waals surface area contributed by atoms with E-state index in [1.54, 1.807) is 18.2 Å². The molecule has 0 bridgehead atoms. The minimum atomic E-state index is -2.60. The standard InChI is InChI=1S/C39H51N3O7/c1-26-14-12-15-27(2)34(26)49-25-31(43)23-29(22-28-16-8-6-9-17-28)32(44)24-33(39(47,48)30-18-10-7-11-19-30)41-36(45)35(38(3,4)5)42-21-13-20-40-37(42)46/h6-12,14-19,29,32-33,35,44,47-48H,13,20-25H2,1-5H3,(H,40,46)(H,41,45). The minimum Gasteiger partial charge on any atom is -0.485 e. The fourth-order valence-electron chi connectivity index (χ4n) is 6.58. The second-order valence-electron chi connectivity index (χ2n) is 14.2. The first-order chi connectivity index (χ1) is 23.2. The first-order valence-electron chi connectivity index (χ1n) is 17.0. The molecule has 0 aliphatic carbocycles. The number of para-hydroxylation sites is 1. The van der Waals surface area contributed by atoms with E-state index < -0.39 is 41.2 Å². The highest BCUT2D eigenvalue weighted by atomic mass is 16.5. The second kappa shape index (κ2) is 16.4. The minimum absolute atomic E-state index is 0.0462. The molecule has 3 aromatic rings. The molecule has 1 heterocycles. The molecule has 4 rings (SSSR count). The van der Waals surface area contributed by atoms with Gasteiger partial charge in [0.25, 0.3) is 0 Å². The van der Waals surface area contributed by atoms with E-state index in [0.717, 1.165) is 16.7 Å². The highest BCUT2D eigenvalue weighted by molar-refractivity contribution is 5.88. The number of benzene rings is 3. The number of carbonyl (C=O) groups is 3. The summed E-state index contributed by atoms with van der Waals surface area (Å²) in [4.78, 5) is 41.8. The number of aryl methyl sites for hydroxylation is 2. The zero-order chi connectivity index (χ0) is 35.8. The molecular weight excluding hydrogens is 622 g/mol. The van der Waals surface area contributed by atoms with Crippen molar-refractivity contribution in [3.63, 3.8) is 0 Å². The largest absolute Gasteiger partial charge is 0.485 e. The van der Waals surface area contributed by atoms with Crippen LogP contribution in [0.4, 0.5) is 4.79 Å². The van der Waals surface area contributed by atoms with Crippen LogP contribution < -0.4 is 15.4 Å². The maximum Gasteiger partial charge on any atom is 0.318 e. The maximum absolute atomic E-state index is 14.1. The lowest BCUT2D eigenvalue weighted by Crippen LogP contribution is -2.63. The molecule has 0 aromatic heterocycles. The average molecular weight is 674 g/mol. The molecule has 5 N–H and O–H groups in total. The average Bonchev–Trinajstić information content (AvgIpc) is 3.05. The van der Waals surface area contributed by atoms with Crippen LogP contribution in [0, 0.1) is 25.2 Å². The highest BCUT2D eigenvalue weighted by Gasteiger charge is 2.45. The maximum atomic E-state index is 14.1. The Morgan fingerprint density at radius 2 is 1.55 bits per heavy atom. The third kappa shape index (κ3) is 9.90. The topological polar surface area (TPSA) is 148 Å². The monoisotopic (exact) mass is 673 g/mol. The van der Waals surface area contributed by atoms with E-state index in [1.807, 2.05) is 83.1 Å². The summed E-state index contributed by atoms with van der Waals surface area (Å²) in [5.74, 6) is -3.41. The first-order valence-corrected chi connectivity index (χ1v) is 17.0. The van der Waals surface area contributed by atoms with Gasteiger partial charge < -0.3 is 35.6 Å². The normalized spacial score (nSPS) is 16.2. The summed E-state index contributed by atoms with van der Waals surface area (Å²) in [7, 11) is 0. The molecule has 0 saturated carbocycles. The summed E-state index contributed by atoms with van der Waals surface area (Å²) in [6, 6.07) is 20.5. The van der Waals surface area contributed by atoms with Gasteiger partial charge in [0, 0.05) is 25.1 Å². The van der Waals surface area contributed by atoms with Crippen LogP contribution in [0.2, 0.25) is 0 Å². The molecule has 10 nitrogen and oxygen atoms in total. The predicted molar refractivity (Wildman–Crippen MR) is 188 cm³/mol. The van der Waals surface area contributed by atoms with Crippen molar-refractivity contribution < 1.29 is 34.4 Å². The highest BCUT2D eigenvalue weighted by Crippen LogP contribution is 2.31. The number of aliphatic hydroxyl groups excluding tert-OH is 1. The number of carbonyl (C=O) groups excluding carboxylic acids is 3. The molecule has 1 aliphatic rings. The van der Waals surface area contributed by atoms with E-state index in [2.05, 4.69) is 10.6 Å². The number of Topliss-reactive ketones (excluding diaryl/α,β-unsaturated/α-hetero) is 1. The van der Waals surface area contributed by atoms with Crippen LogP contribution in [0.5, 0.6) is 5.75 Å². The molecule has 1 fully saturated rings. The Morgan fingerprint density at radius 3 is 2.14 bits per heavy atom. The number of amides is 3. The van der Waals surface area contributed by atoms with Crippen LogP contribution in [-0.2, 0) is 21.8 Å². The van der Waals surface area contributed by atoms with Crippen molar-refractivity contribution >= 4 is 17.7 Å². The van der Waals surface area contributed by atoms with Crippen LogP contribution in [0.3, 0.4) is 0 Å². The van der Waals surface area contributed by atoms with Crippen molar-refractivity contribution in [2.75, 3.05) is 19.7 Å². The molecule has 1 aliphatic heterocycles. The molecule has 3 aromatic carbocycles. The van der Waals surface area contributed by atoms with E-state index in [4.69, 9.17) is 4.74 Å². The zero-order valence-electron chi connectivity index (χ0n) is 29.2. The van der Waals surface area contributed by atoms with E-state index in [-0.39, 0.29) is 36.8 Å². The first kappa shape index (κ1) is 37.6. The molecule has 10 heteroatoms. The summed E-state index contributed by atoms with van der Waals surface area (Å²) in [5.41, 5.74) is 2.12. The molecule has 1 saturated heterocycles. The predicted octanol–water partition coefficient (Wildman–Crippen LogP) is 4.40. The van der Waals surface area contributed by atoms with Gasteiger partial charge in [-0.3, -0.25) is 9.59 Å². The number of ketones is 1. The van der Waals surface area contributed by atoms with Gasteiger partial charge in [-0.15, -0.1) is 0 Å². The number of nitrogens with one attached hydrogen (secondary N) is 2. The molecule has 4 unspecified atom stereocenters. The number of ether oxygens (including phenoxy) is 1. The molecule has 49 heavy (non-hydrogen) atoms. The smallest absolute Gasteiger partial charge is 0.318 e. The number of urea groups is 1. The van der Waals surface area contributed by atoms with Crippen molar-refractivity contribution in [3.8, 4) is 5.75 Å². The Bertz CT molecular complexity index is 1540. The summed E-state index contributed by atoms with van der Waals surface area (Å²) in [6.45, 7) is 10.0. The zero-order valence-corrected chi connectivity index (χ0v) is 29.2. The summed E-state index contributed by atoms with van der Waals surface area (Å²) >= 11 is 0. The van der Waals surface area contributed by atoms with Crippen LogP contribution >= 0.6 is 0 Å². The van der Waals surface area contributed by atoms with Crippen molar-refractivity contribution in [1.82, 2.24) is 15.5 Å². The molecule has 3 amide bonds. The Hall–Kier alpha value is -4.25. The van der Waals surface area contributed by atoms with Crippen LogP contribution in [0.25, 0.3) is 0 Å². The van der Waals surface area contributed by atoms with Crippen LogP contribution in [-0.4, -0.2) is 75.8 Å². The summed E-state index contributed by atoms with van der Waals surface area (Å²) in [5, 5.41) is 40.7. The molecule has 0 radical (unpaired) electrons. The van der Waals surface area contributed by atoms with E-state index >= 15 is 0 Å². The quantitative estimate of drug-likeness (QED) is 0.150. The Morgan fingerprint density at radius 1 is 0.939 bits per heavy atom. The van der Waals surface area contributed by atoms with Gasteiger partial charge in [0.2, 0.25) is 11.7 Å². The Balaban J connectivity index is 1.62. The van der Waals surface area contributed by atoms with Crippen molar-refractivity contribution in [2.45, 2.75) is 84.3 Å². The van der Waals surface area contributed by atoms with Crippen LogP contribution in [0.1, 0.15) is 62.3 Å². The lowest BCUT2D eigenvalue weighted by Gasteiger charge is -2.42. The number of aliphatic hydroxyl groups is 3. The lowest BCUT2D eigenvalue weighted by atomic mass is 9.82. The number of nitrogens with zero attached hydrogens (tertiary/aromatic N) is 1. The SMILES string of the molecule is Cc1cccc(C)c1OCC(=O)CC(Cc1ccccc1)C(O)CC(NC(=O)C(N1CCCNC1=O)C(C)(C)C)C(O)(O)c1ccccc1. The second-order valence-corrected chi connectivity index (χ2v) is 14.2. The van der Waals surface area contributed by atoms with Crippen molar-refractivity contribution in [1.29, 1.82) is 0 Å². The van der Waals surface area contributed by atoms with Gasteiger partial charge in [0.05, 0.1) is 12.1 Å². The van der Waals surface area contributed by atoms with E-state index in [1.165, 1.54) is 17.0 Å². The van der Waals surface area contributed by atoms with Gasteiger partial charge in [-0.05, 0) is 61.1 Å². The molecule has 4 atom stereocenters. The Kier molecular flexibility index (Phi) is 12.6. The molecular formula is C39H51N3O7. The third-order valence-corrected chi connectivity index (χ3v) is 9.13. The number of hydrogen-bond acceptors (Lipinski definition) is 7.